The number of rotatable bonds is 3. The molecule has 18 heavy (non-hydrogen) atoms. The Morgan fingerprint density at radius 1 is 1.22 bits per heavy atom. The van der Waals surface area contributed by atoms with Crippen molar-refractivity contribution in [3.05, 3.63) is 29.8 Å². The van der Waals surface area contributed by atoms with Gasteiger partial charge < -0.3 is 10.1 Å². The zero-order valence-corrected chi connectivity index (χ0v) is 13.0. The van der Waals surface area contributed by atoms with Crippen LogP contribution in [0, 0.1) is 0 Å². The van der Waals surface area contributed by atoms with E-state index in [4.69, 9.17) is 4.74 Å². The minimum Gasteiger partial charge on any atom is -0.425 e. The topological polar surface area (TPSA) is 38.3 Å². The minimum atomic E-state index is -0.464. The van der Waals surface area contributed by atoms with Crippen molar-refractivity contribution >= 4 is 37.8 Å². The summed E-state index contributed by atoms with van der Waals surface area (Å²) >= 11 is 6.22. The Labute approximate surface area is 124 Å². The number of ether oxygens (including phenoxy) is 1. The molecule has 1 fully saturated rings. The van der Waals surface area contributed by atoms with Crippen LogP contribution < -0.4 is 10.1 Å². The Hall–Kier alpha value is -0.390. The third kappa shape index (κ3) is 3.80. The molecule has 1 aliphatic rings. The minimum absolute atomic E-state index is 0.343. The van der Waals surface area contributed by atoms with E-state index >= 15 is 0 Å². The molecule has 0 radical (unpaired) electrons. The van der Waals surface area contributed by atoms with E-state index < -0.39 is 3.74 Å². The van der Waals surface area contributed by atoms with Gasteiger partial charge in [0.15, 0.2) is 3.74 Å². The first-order chi connectivity index (χ1) is 8.66. The Kier molecular flexibility index (Phi) is 5.21. The fourth-order valence-corrected chi connectivity index (χ4v) is 2.31. The summed E-state index contributed by atoms with van der Waals surface area (Å²) in [6.07, 6.45) is 2.34. The van der Waals surface area contributed by atoms with Gasteiger partial charge in [0.25, 0.3) is 0 Å². The smallest absolute Gasteiger partial charge is 0.336 e. The van der Waals surface area contributed by atoms with E-state index in [1.54, 1.807) is 0 Å². The van der Waals surface area contributed by atoms with Crippen LogP contribution in [-0.4, -0.2) is 22.8 Å². The van der Waals surface area contributed by atoms with Gasteiger partial charge in [0.05, 0.1) is 0 Å². The monoisotopic (exact) mass is 375 g/mol. The van der Waals surface area contributed by atoms with Gasteiger partial charge in [-0.15, -0.1) is 0 Å². The van der Waals surface area contributed by atoms with Crippen LogP contribution in [0.1, 0.15) is 24.3 Å². The highest BCUT2D eigenvalue weighted by Gasteiger charge is 2.16. The van der Waals surface area contributed by atoms with E-state index in [-0.39, 0.29) is 5.97 Å². The van der Waals surface area contributed by atoms with Crippen LogP contribution >= 0.6 is 31.9 Å². The quantitative estimate of drug-likeness (QED) is 0.500. The molecule has 2 rings (SSSR count). The maximum absolute atomic E-state index is 11.4. The second-order valence-electron chi connectivity index (χ2n) is 4.32. The number of nitrogens with one attached hydrogen (secondary N) is 1. The molecule has 0 unspecified atom stereocenters. The molecule has 1 aliphatic heterocycles. The van der Waals surface area contributed by atoms with Crippen LogP contribution in [0.2, 0.25) is 0 Å². The Balaban J connectivity index is 1.98. The van der Waals surface area contributed by atoms with Crippen molar-refractivity contribution in [1.82, 2.24) is 5.32 Å². The third-order valence-corrected chi connectivity index (χ3v) is 3.83. The lowest BCUT2D eigenvalue weighted by atomic mass is 9.90. The van der Waals surface area contributed by atoms with Crippen LogP contribution in [0.4, 0.5) is 0 Å². The molecule has 1 heterocycles. The van der Waals surface area contributed by atoms with Crippen LogP contribution in [0.15, 0.2) is 24.3 Å². The van der Waals surface area contributed by atoms with Gasteiger partial charge in [0.1, 0.15) is 5.75 Å². The van der Waals surface area contributed by atoms with E-state index in [2.05, 4.69) is 49.3 Å². The van der Waals surface area contributed by atoms with Gasteiger partial charge in [-0.3, -0.25) is 0 Å². The lowest BCUT2D eigenvalue weighted by Gasteiger charge is -2.23. The first-order valence-electron chi connectivity index (χ1n) is 5.97. The molecule has 0 aromatic heterocycles. The molecule has 0 atom stereocenters. The number of halogens is 2. The summed E-state index contributed by atoms with van der Waals surface area (Å²) in [5, 5.41) is 3.35. The second-order valence-corrected chi connectivity index (χ2v) is 7.38. The molecular formula is C13H15Br2NO2. The molecule has 1 N–H and O–H groups in total. The van der Waals surface area contributed by atoms with Gasteiger partial charge in [0, 0.05) is 0 Å². The van der Waals surface area contributed by atoms with E-state index in [1.165, 1.54) is 18.4 Å². The second kappa shape index (κ2) is 6.68. The van der Waals surface area contributed by atoms with Crippen molar-refractivity contribution in [3.63, 3.8) is 0 Å². The van der Waals surface area contributed by atoms with Crippen molar-refractivity contribution in [1.29, 1.82) is 0 Å². The highest BCUT2D eigenvalue weighted by molar-refractivity contribution is 9.25. The number of carbonyl (C=O) groups is 1. The summed E-state index contributed by atoms with van der Waals surface area (Å²) in [4.78, 5) is 11.4. The van der Waals surface area contributed by atoms with Gasteiger partial charge in [-0.2, -0.15) is 0 Å². The number of carbonyl (C=O) groups excluding carboxylic acids is 1. The Morgan fingerprint density at radius 2 is 1.83 bits per heavy atom. The zero-order valence-electron chi connectivity index (χ0n) is 9.86. The summed E-state index contributed by atoms with van der Waals surface area (Å²) in [6.45, 7) is 2.16. The molecule has 0 aliphatic carbocycles. The maximum Gasteiger partial charge on any atom is 0.336 e. The summed E-state index contributed by atoms with van der Waals surface area (Å²) in [5.74, 6) is 0.863. The molecule has 0 bridgehead atoms. The van der Waals surface area contributed by atoms with Crippen molar-refractivity contribution < 1.29 is 9.53 Å². The molecule has 0 spiro atoms. The predicted molar refractivity (Wildman–Crippen MR) is 78.6 cm³/mol. The molecule has 0 saturated carbocycles. The highest BCUT2D eigenvalue weighted by Crippen LogP contribution is 2.27. The maximum atomic E-state index is 11.4. The molecule has 98 valence electrons. The Bertz CT molecular complexity index is 400. The van der Waals surface area contributed by atoms with Crippen LogP contribution in [-0.2, 0) is 4.79 Å². The van der Waals surface area contributed by atoms with E-state index in [9.17, 15) is 4.79 Å². The number of alkyl halides is 2. The molecular weight excluding hydrogens is 362 g/mol. The summed E-state index contributed by atoms with van der Waals surface area (Å²) < 4.78 is 4.71. The fourth-order valence-electron chi connectivity index (χ4n) is 2.12. The average molecular weight is 377 g/mol. The number of hydrogen-bond donors (Lipinski definition) is 1. The fraction of sp³-hybridized carbons (Fsp3) is 0.462. The van der Waals surface area contributed by atoms with Gasteiger partial charge in [-0.25, -0.2) is 4.79 Å². The summed E-state index contributed by atoms with van der Waals surface area (Å²) in [5.41, 5.74) is 1.32. The third-order valence-electron chi connectivity index (χ3n) is 3.09. The highest BCUT2D eigenvalue weighted by atomic mass is 79.9. The molecule has 0 amide bonds. The summed E-state index contributed by atoms with van der Waals surface area (Å²) in [7, 11) is 0. The van der Waals surface area contributed by atoms with E-state index in [1.807, 2.05) is 12.1 Å². The largest absolute Gasteiger partial charge is 0.425 e. The first-order valence-corrected chi connectivity index (χ1v) is 7.80. The van der Waals surface area contributed by atoms with Crippen molar-refractivity contribution in [2.75, 3.05) is 13.1 Å². The van der Waals surface area contributed by atoms with Gasteiger partial charge in [-0.1, -0.05) is 44.0 Å². The lowest BCUT2D eigenvalue weighted by molar-refractivity contribution is -0.131. The molecule has 5 heteroatoms. The molecule has 3 nitrogen and oxygen atoms in total. The van der Waals surface area contributed by atoms with Crippen molar-refractivity contribution in [2.24, 2.45) is 0 Å². The predicted octanol–water partition coefficient (Wildman–Crippen LogP) is 3.17. The Morgan fingerprint density at radius 3 is 2.39 bits per heavy atom. The van der Waals surface area contributed by atoms with Crippen molar-refractivity contribution in [2.45, 2.75) is 22.5 Å². The van der Waals surface area contributed by atoms with Crippen LogP contribution in [0.3, 0.4) is 0 Å². The van der Waals surface area contributed by atoms with E-state index in [0.717, 1.165) is 13.1 Å². The van der Waals surface area contributed by atoms with Crippen molar-refractivity contribution in [3.8, 4) is 5.75 Å². The molecule has 1 saturated heterocycles. The van der Waals surface area contributed by atoms with Crippen LogP contribution in [0.25, 0.3) is 0 Å². The lowest BCUT2D eigenvalue weighted by Crippen LogP contribution is -2.26. The van der Waals surface area contributed by atoms with Gasteiger partial charge in [-0.05, 0) is 49.5 Å². The summed E-state index contributed by atoms with van der Waals surface area (Å²) in [6, 6.07) is 7.82. The normalized spacial score (nSPS) is 16.8. The van der Waals surface area contributed by atoms with E-state index in [0.29, 0.717) is 11.7 Å². The van der Waals surface area contributed by atoms with Crippen LogP contribution in [0.5, 0.6) is 5.75 Å². The number of esters is 1. The molecule has 1 aromatic carbocycles. The number of piperidine rings is 1. The zero-order chi connectivity index (χ0) is 13.0. The standard InChI is InChI=1S/C13H15Br2NO2/c14-12(15)13(17)18-11-3-1-9(2-4-11)10-5-7-16-8-6-10/h1-4,10,12,16H,5-8H2. The van der Waals surface area contributed by atoms with Gasteiger partial charge in [0.2, 0.25) is 0 Å². The molecule has 1 aromatic rings. The number of benzene rings is 1. The first kappa shape index (κ1) is 14.0. The average Bonchev–Trinajstić information content (AvgIpc) is 2.40. The van der Waals surface area contributed by atoms with Gasteiger partial charge >= 0.3 is 5.97 Å². The SMILES string of the molecule is O=C(Oc1ccc(C2CCNCC2)cc1)C(Br)Br. The number of hydrogen-bond acceptors (Lipinski definition) is 3.